The molecule has 1 N–H and O–H groups in total. The number of amides is 1. The van der Waals surface area contributed by atoms with Crippen LogP contribution in [0.5, 0.6) is 0 Å². The Kier molecular flexibility index (Phi) is 4.76. The molecule has 25 heavy (non-hydrogen) atoms. The predicted octanol–water partition coefficient (Wildman–Crippen LogP) is 4.36. The Labute approximate surface area is 149 Å². The van der Waals surface area contributed by atoms with Crippen molar-refractivity contribution in [1.29, 1.82) is 0 Å². The molecule has 128 valence electrons. The Bertz CT molecular complexity index is 944. The van der Waals surface area contributed by atoms with Gasteiger partial charge in [0.15, 0.2) is 0 Å². The second-order valence-electron chi connectivity index (χ2n) is 5.65. The molecule has 0 radical (unpaired) electrons. The topological polar surface area (TPSA) is 68.5 Å². The molecule has 0 saturated heterocycles. The van der Waals surface area contributed by atoms with Crippen LogP contribution >= 0.6 is 11.6 Å². The molecule has 6 heteroatoms. The maximum atomic E-state index is 12.3. The number of rotatable bonds is 4. The minimum Gasteiger partial charge on any atom is -0.465 e. The smallest absolute Gasteiger partial charge is 0.337 e. The van der Waals surface area contributed by atoms with Gasteiger partial charge in [0.2, 0.25) is 5.91 Å². The van der Waals surface area contributed by atoms with Crippen molar-refractivity contribution < 1.29 is 18.7 Å². The molecule has 1 aromatic heterocycles. The van der Waals surface area contributed by atoms with Crippen molar-refractivity contribution in [1.82, 2.24) is 0 Å². The van der Waals surface area contributed by atoms with E-state index in [1.54, 1.807) is 30.5 Å². The van der Waals surface area contributed by atoms with Gasteiger partial charge in [0.05, 0.1) is 25.4 Å². The molecule has 0 atom stereocenters. The molecule has 3 rings (SSSR count). The van der Waals surface area contributed by atoms with Crippen LogP contribution in [0, 0.1) is 6.92 Å². The van der Waals surface area contributed by atoms with E-state index in [2.05, 4.69) is 10.1 Å². The number of fused-ring (bicyclic) bond motifs is 1. The van der Waals surface area contributed by atoms with Gasteiger partial charge < -0.3 is 14.5 Å². The number of nitrogens with one attached hydrogen (secondary N) is 1. The van der Waals surface area contributed by atoms with E-state index < -0.39 is 5.97 Å². The van der Waals surface area contributed by atoms with Crippen molar-refractivity contribution in [3.05, 3.63) is 64.4 Å². The lowest BCUT2D eigenvalue weighted by Gasteiger charge is -2.06. The van der Waals surface area contributed by atoms with E-state index in [9.17, 15) is 9.59 Å². The van der Waals surface area contributed by atoms with Gasteiger partial charge in [0, 0.05) is 21.7 Å². The van der Waals surface area contributed by atoms with Gasteiger partial charge in [-0.25, -0.2) is 4.79 Å². The molecule has 3 aromatic rings. The molecule has 1 heterocycles. The normalized spacial score (nSPS) is 10.7. The van der Waals surface area contributed by atoms with Crippen molar-refractivity contribution in [3.63, 3.8) is 0 Å². The SMILES string of the molecule is COC(=O)c1ccc(NC(=O)Cc2coc3cc(C)c(Cl)cc23)cc1. The predicted molar refractivity (Wildman–Crippen MR) is 96.1 cm³/mol. The van der Waals surface area contributed by atoms with Gasteiger partial charge >= 0.3 is 5.97 Å². The van der Waals surface area contributed by atoms with Crippen LogP contribution in [0.1, 0.15) is 21.5 Å². The fraction of sp³-hybridized carbons (Fsp3) is 0.158. The molecule has 0 saturated carbocycles. The third-order valence-electron chi connectivity index (χ3n) is 3.88. The van der Waals surface area contributed by atoms with Crippen molar-refractivity contribution >= 4 is 40.1 Å². The van der Waals surface area contributed by atoms with E-state index in [0.717, 1.165) is 16.5 Å². The maximum Gasteiger partial charge on any atom is 0.337 e. The summed E-state index contributed by atoms with van der Waals surface area (Å²) in [7, 11) is 1.32. The van der Waals surface area contributed by atoms with Crippen LogP contribution in [0.2, 0.25) is 5.02 Å². The van der Waals surface area contributed by atoms with Crippen LogP contribution in [-0.4, -0.2) is 19.0 Å². The van der Waals surface area contributed by atoms with Crippen molar-refractivity contribution in [2.24, 2.45) is 0 Å². The van der Waals surface area contributed by atoms with Gasteiger partial charge in [-0.2, -0.15) is 0 Å². The van der Waals surface area contributed by atoms with Crippen LogP contribution in [-0.2, 0) is 16.0 Å². The third kappa shape index (κ3) is 3.67. The van der Waals surface area contributed by atoms with E-state index in [0.29, 0.717) is 21.9 Å². The number of carbonyl (C=O) groups excluding carboxylic acids is 2. The summed E-state index contributed by atoms with van der Waals surface area (Å²) in [4.78, 5) is 23.7. The maximum absolute atomic E-state index is 12.3. The summed E-state index contributed by atoms with van der Waals surface area (Å²) >= 11 is 6.16. The van der Waals surface area contributed by atoms with Crippen molar-refractivity contribution in [2.75, 3.05) is 12.4 Å². The fourth-order valence-corrected chi connectivity index (χ4v) is 2.69. The summed E-state index contributed by atoms with van der Waals surface area (Å²) in [5.74, 6) is -0.611. The van der Waals surface area contributed by atoms with Gasteiger partial charge in [-0.1, -0.05) is 11.6 Å². The lowest BCUT2D eigenvalue weighted by Crippen LogP contribution is -2.14. The van der Waals surface area contributed by atoms with Crippen LogP contribution < -0.4 is 5.32 Å². The van der Waals surface area contributed by atoms with Crippen LogP contribution in [0.25, 0.3) is 11.0 Å². The number of halogens is 1. The molecule has 0 aliphatic rings. The second kappa shape index (κ2) is 6.99. The zero-order valence-electron chi connectivity index (χ0n) is 13.8. The molecule has 5 nitrogen and oxygen atoms in total. The Morgan fingerprint density at radius 3 is 2.60 bits per heavy atom. The first-order valence-corrected chi connectivity index (χ1v) is 8.00. The molecular formula is C19H16ClNO4. The fourth-order valence-electron chi connectivity index (χ4n) is 2.52. The molecule has 0 aliphatic carbocycles. The van der Waals surface area contributed by atoms with Gasteiger partial charge in [-0.05, 0) is 48.9 Å². The molecule has 0 spiro atoms. The van der Waals surface area contributed by atoms with E-state index in [1.807, 2.05) is 19.1 Å². The largest absolute Gasteiger partial charge is 0.465 e. The second-order valence-corrected chi connectivity index (χ2v) is 6.06. The van der Waals surface area contributed by atoms with E-state index in [4.69, 9.17) is 16.0 Å². The number of esters is 1. The first-order chi connectivity index (χ1) is 12.0. The number of methoxy groups -OCH3 is 1. The zero-order chi connectivity index (χ0) is 18.0. The highest BCUT2D eigenvalue weighted by molar-refractivity contribution is 6.32. The highest BCUT2D eigenvalue weighted by Gasteiger charge is 2.13. The van der Waals surface area contributed by atoms with Gasteiger partial charge in [0.1, 0.15) is 5.58 Å². The molecule has 1 amide bonds. The molecule has 0 bridgehead atoms. The molecule has 0 fully saturated rings. The number of anilines is 1. The Morgan fingerprint density at radius 2 is 1.92 bits per heavy atom. The van der Waals surface area contributed by atoms with Crippen LogP contribution in [0.4, 0.5) is 5.69 Å². The quantitative estimate of drug-likeness (QED) is 0.704. The first-order valence-electron chi connectivity index (χ1n) is 7.62. The van der Waals surface area contributed by atoms with E-state index in [1.165, 1.54) is 7.11 Å². The first kappa shape index (κ1) is 17.0. The van der Waals surface area contributed by atoms with E-state index in [-0.39, 0.29) is 12.3 Å². The minimum atomic E-state index is -0.421. The lowest BCUT2D eigenvalue weighted by atomic mass is 10.1. The number of hydrogen-bond donors (Lipinski definition) is 1. The Hall–Kier alpha value is -2.79. The zero-order valence-corrected chi connectivity index (χ0v) is 14.5. The van der Waals surface area contributed by atoms with Crippen molar-refractivity contribution in [2.45, 2.75) is 13.3 Å². The Balaban J connectivity index is 1.72. The average molecular weight is 358 g/mol. The number of benzene rings is 2. The summed E-state index contributed by atoms with van der Waals surface area (Å²) in [6.07, 6.45) is 1.73. The number of aryl methyl sites for hydroxylation is 1. The molecule has 2 aromatic carbocycles. The number of ether oxygens (including phenoxy) is 1. The summed E-state index contributed by atoms with van der Waals surface area (Å²) < 4.78 is 10.1. The summed E-state index contributed by atoms with van der Waals surface area (Å²) in [5, 5.41) is 4.25. The highest BCUT2D eigenvalue weighted by Crippen LogP contribution is 2.28. The molecular weight excluding hydrogens is 342 g/mol. The molecule has 0 aliphatic heterocycles. The highest BCUT2D eigenvalue weighted by atomic mass is 35.5. The number of furan rings is 1. The van der Waals surface area contributed by atoms with Gasteiger partial charge in [-0.3, -0.25) is 4.79 Å². The van der Waals surface area contributed by atoms with Gasteiger partial charge in [0.25, 0.3) is 0 Å². The number of carbonyl (C=O) groups is 2. The van der Waals surface area contributed by atoms with Crippen LogP contribution in [0.15, 0.2) is 47.1 Å². The standard InChI is InChI=1S/C19H16ClNO4/c1-11-7-17-15(9-16(11)20)13(10-25-17)8-18(22)21-14-5-3-12(4-6-14)19(23)24-2/h3-7,9-10H,8H2,1-2H3,(H,21,22). The summed E-state index contributed by atoms with van der Waals surface area (Å²) in [6, 6.07) is 10.2. The molecule has 0 unspecified atom stereocenters. The van der Waals surface area contributed by atoms with Crippen molar-refractivity contribution in [3.8, 4) is 0 Å². The van der Waals surface area contributed by atoms with Crippen LogP contribution in [0.3, 0.4) is 0 Å². The average Bonchev–Trinajstić information content (AvgIpc) is 2.97. The summed E-state index contributed by atoms with van der Waals surface area (Å²) in [5.41, 5.74) is 3.41. The Morgan fingerprint density at radius 1 is 1.20 bits per heavy atom. The minimum absolute atomic E-state index is 0.158. The summed E-state index contributed by atoms with van der Waals surface area (Å²) in [6.45, 7) is 1.90. The van der Waals surface area contributed by atoms with Gasteiger partial charge in [-0.15, -0.1) is 0 Å². The third-order valence-corrected chi connectivity index (χ3v) is 4.28. The number of hydrogen-bond acceptors (Lipinski definition) is 4. The lowest BCUT2D eigenvalue weighted by molar-refractivity contribution is -0.115. The van der Waals surface area contributed by atoms with E-state index >= 15 is 0 Å². The monoisotopic (exact) mass is 357 g/mol.